The van der Waals surface area contributed by atoms with Crippen molar-refractivity contribution in [2.24, 2.45) is 0 Å². The molecule has 0 atom stereocenters. The second kappa shape index (κ2) is 9.32. The molecule has 1 aromatic carbocycles. The third-order valence-electron chi connectivity index (χ3n) is 5.14. The molecule has 4 rings (SSSR count). The Bertz CT molecular complexity index is 1220. The first-order valence-electron chi connectivity index (χ1n) is 10.3. The van der Waals surface area contributed by atoms with Gasteiger partial charge in [0.2, 0.25) is 0 Å². The van der Waals surface area contributed by atoms with Crippen LogP contribution in [0, 0.1) is 13.8 Å². The van der Waals surface area contributed by atoms with Gasteiger partial charge >= 0.3 is 0 Å². The third-order valence-corrected chi connectivity index (χ3v) is 5.43. The zero-order valence-corrected chi connectivity index (χ0v) is 18.9. The van der Waals surface area contributed by atoms with Gasteiger partial charge in [-0.05, 0) is 44.5 Å². The maximum Gasteiger partial charge on any atom is 0.291 e. The van der Waals surface area contributed by atoms with Gasteiger partial charge in [0, 0.05) is 24.0 Å². The number of rotatable bonds is 8. The molecule has 3 heterocycles. The fourth-order valence-corrected chi connectivity index (χ4v) is 3.64. The van der Waals surface area contributed by atoms with E-state index in [2.05, 4.69) is 22.4 Å². The number of furan rings is 1. The van der Waals surface area contributed by atoms with Crippen LogP contribution >= 0.6 is 11.6 Å². The van der Waals surface area contributed by atoms with Gasteiger partial charge in [0.05, 0.1) is 29.6 Å². The van der Waals surface area contributed by atoms with E-state index in [0.29, 0.717) is 28.8 Å². The molecule has 166 valence electrons. The number of ether oxygens (including phenoxy) is 1. The fourth-order valence-electron chi connectivity index (χ4n) is 3.36. The number of anilines is 1. The minimum absolute atomic E-state index is 0.167. The van der Waals surface area contributed by atoms with Crippen LogP contribution in [0.25, 0.3) is 0 Å². The molecule has 1 N–H and O–H groups in total. The van der Waals surface area contributed by atoms with E-state index in [1.165, 1.54) is 0 Å². The fraction of sp³-hybridized carbons (Fsp3) is 0.261. The van der Waals surface area contributed by atoms with Crippen molar-refractivity contribution in [2.45, 2.75) is 40.5 Å². The SMILES string of the molecule is CCn1ncc(Cn2cc(NC(=O)c3ccc(COc4c(C)cccc4Cl)o3)cn2)c1C. The van der Waals surface area contributed by atoms with Gasteiger partial charge in [-0.25, -0.2) is 0 Å². The summed E-state index contributed by atoms with van der Waals surface area (Å²) in [5, 5.41) is 12.0. The number of nitrogens with one attached hydrogen (secondary N) is 1. The summed E-state index contributed by atoms with van der Waals surface area (Å²) in [6.45, 7) is 7.56. The average molecular weight is 454 g/mol. The summed E-state index contributed by atoms with van der Waals surface area (Å²) in [6.07, 6.45) is 5.22. The number of amides is 1. The van der Waals surface area contributed by atoms with Crippen molar-refractivity contribution in [3.05, 3.63) is 82.3 Å². The van der Waals surface area contributed by atoms with E-state index in [1.54, 1.807) is 35.3 Å². The largest absolute Gasteiger partial charge is 0.484 e. The van der Waals surface area contributed by atoms with Crippen LogP contribution in [0.15, 0.2) is 53.3 Å². The summed E-state index contributed by atoms with van der Waals surface area (Å²) >= 11 is 6.18. The van der Waals surface area contributed by atoms with Crippen LogP contribution in [-0.2, 0) is 19.7 Å². The highest BCUT2D eigenvalue weighted by Gasteiger charge is 2.14. The third kappa shape index (κ3) is 4.70. The number of para-hydroxylation sites is 1. The highest BCUT2D eigenvalue weighted by molar-refractivity contribution is 6.32. The molecule has 9 heteroatoms. The number of hydrogen-bond donors (Lipinski definition) is 1. The lowest BCUT2D eigenvalue weighted by Crippen LogP contribution is -2.10. The number of aromatic nitrogens is 4. The van der Waals surface area contributed by atoms with Crippen molar-refractivity contribution in [1.29, 1.82) is 0 Å². The summed E-state index contributed by atoms with van der Waals surface area (Å²) in [6, 6.07) is 8.86. The molecule has 0 unspecified atom stereocenters. The monoisotopic (exact) mass is 453 g/mol. The number of carbonyl (C=O) groups excluding carboxylic acids is 1. The van der Waals surface area contributed by atoms with Crippen LogP contribution in [0.3, 0.4) is 0 Å². The predicted octanol–water partition coefficient (Wildman–Crippen LogP) is 4.84. The Kier molecular flexibility index (Phi) is 6.32. The molecule has 3 aromatic heterocycles. The summed E-state index contributed by atoms with van der Waals surface area (Å²) in [4.78, 5) is 12.6. The quantitative estimate of drug-likeness (QED) is 0.412. The lowest BCUT2D eigenvalue weighted by Gasteiger charge is -2.09. The highest BCUT2D eigenvalue weighted by atomic mass is 35.5. The van der Waals surface area contributed by atoms with Gasteiger partial charge < -0.3 is 14.5 Å². The van der Waals surface area contributed by atoms with Crippen molar-refractivity contribution in [3.8, 4) is 5.75 Å². The number of carbonyl (C=O) groups is 1. The van der Waals surface area contributed by atoms with Gasteiger partial charge in [0.25, 0.3) is 5.91 Å². The molecule has 0 saturated heterocycles. The first kappa shape index (κ1) is 21.7. The van der Waals surface area contributed by atoms with Crippen LogP contribution in [0.2, 0.25) is 5.02 Å². The molecule has 8 nitrogen and oxygen atoms in total. The van der Waals surface area contributed by atoms with Crippen LogP contribution in [0.4, 0.5) is 5.69 Å². The summed E-state index contributed by atoms with van der Waals surface area (Å²) < 4.78 is 15.1. The van der Waals surface area contributed by atoms with E-state index < -0.39 is 0 Å². The molecular formula is C23H24ClN5O3. The zero-order valence-electron chi connectivity index (χ0n) is 18.1. The summed E-state index contributed by atoms with van der Waals surface area (Å²) in [5.41, 5.74) is 3.69. The minimum Gasteiger partial charge on any atom is -0.484 e. The Morgan fingerprint density at radius 3 is 2.78 bits per heavy atom. The number of hydrogen-bond acceptors (Lipinski definition) is 5. The highest BCUT2D eigenvalue weighted by Crippen LogP contribution is 2.28. The topological polar surface area (TPSA) is 87.1 Å². The first-order valence-corrected chi connectivity index (χ1v) is 10.6. The van der Waals surface area contributed by atoms with Gasteiger partial charge in [-0.3, -0.25) is 14.2 Å². The lowest BCUT2D eigenvalue weighted by molar-refractivity contribution is 0.0992. The molecule has 32 heavy (non-hydrogen) atoms. The molecule has 0 aliphatic heterocycles. The van der Waals surface area contributed by atoms with Crippen molar-refractivity contribution in [2.75, 3.05) is 5.32 Å². The van der Waals surface area contributed by atoms with Crippen LogP contribution in [0.1, 0.15) is 40.1 Å². The van der Waals surface area contributed by atoms with Crippen molar-refractivity contribution < 1.29 is 13.9 Å². The molecule has 0 radical (unpaired) electrons. The van der Waals surface area contributed by atoms with Crippen molar-refractivity contribution in [3.63, 3.8) is 0 Å². The maximum absolute atomic E-state index is 12.6. The molecule has 4 aromatic rings. The van der Waals surface area contributed by atoms with Gasteiger partial charge in [-0.2, -0.15) is 10.2 Å². The molecule has 0 bridgehead atoms. The molecule has 0 fully saturated rings. The molecule has 0 spiro atoms. The molecule has 0 saturated carbocycles. The zero-order chi connectivity index (χ0) is 22.7. The first-order chi connectivity index (χ1) is 15.4. The van der Waals surface area contributed by atoms with E-state index in [4.69, 9.17) is 20.8 Å². The second-order valence-electron chi connectivity index (χ2n) is 7.39. The minimum atomic E-state index is -0.361. The molecular weight excluding hydrogens is 430 g/mol. The van der Waals surface area contributed by atoms with Crippen molar-refractivity contribution >= 4 is 23.2 Å². The van der Waals surface area contributed by atoms with E-state index in [9.17, 15) is 4.79 Å². The number of benzene rings is 1. The second-order valence-corrected chi connectivity index (χ2v) is 7.80. The van der Waals surface area contributed by atoms with Crippen LogP contribution in [0.5, 0.6) is 5.75 Å². The number of halogens is 1. The Hall–Kier alpha value is -3.52. The maximum atomic E-state index is 12.6. The average Bonchev–Trinajstić information content (AvgIpc) is 3.49. The van der Waals surface area contributed by atoms with Gasteiger partial charge in [0.1, 0.15) is 18.1 Å². The Labute approximate surface area is 190 Å². The van der Waals surface area contributed by atoms with E-state index in [0.717, 1.165) is 23.4 Å². The van der Waals surface area contributed by atoms with Gasteiger partial charge in [0.15, 0.2) is 5.76 Å². The molecule has 1 amide bonds. The van der Waals surface area contributed by atoms with E-state index in [-0.39, 0.29) is 18.3 Å². The lowest BCUT2D eigenvalue weighted by atomic mass is 10.2. The van der Waals surface area contributed by atoms with Gasteiger partial charge in [-0.15, -0.1) is 0 Å². The van der Waals surface area contributed by atoms with E-state index in [1.807, 2.05) is 36.9 Å². The number of nitrogens with zero attached hydrogens (tertiary/aromatic N) is 4. The molecule has 0 aliphatic rings. The Morgan fingerprint density at radius 2 is 2.03 bits per heavy atom. The standard InChI is InChI=1S/C23H24ClN5O3/c1-4-29-16(3)17(10-26-29)12-28-13-18(11-25-28)27-23(30)21-9-8-19(32-21)14-31-22-15(2)6-5-7-20(22)24/h5-11,13H,4,12,14H2,1-3H3,(H,27,30). The Morgan fingerprint density at radius 1 is 1.19 bits per heavy atom. The van der Waals surface area contributed by atoms with E-state index >= 15 is 0 Å². The predicted molar refractivity (Wildman–Crippen MR) is 121 cm³/mol. The van der Waals surface area contributed by atoms with Crippen LogP contribution in [-0.4, -0.2) is 25.5 Å². The Balaban J connectivity index is 1.35. The molecule has 0 aliphatic carbocycles. The summed E-state index contributed by atoms with van der Waals surface area (Å²) in [5.74, 6) is 0.948. The van der Waals surface area contributed by atoms with Crippen LogP contribution < -0.4 is 10.1 Å². The normalized spacial score (nSPS) is 11.0. The number of aryl methyl sites for hydroxylation is 2. The van der Waals surface area contributed by atoms with Gasteiger partial charge in [-0.1, -0.05) is 23.7 Å². The van der Waals surface area contributed by atoms with Crippen molar-refractivity contribution in [1.82, 2.24) is 19.6 Å². The smallest absolute Gasteiger partial charge is 0.291 e. The summed E-state index contributed by atoms with van der Waals surface area (Å²) in [7, 11) is 0.